The molecule has 0 aliphatic carbocycles. The second-order valence-electron chi connectivity index (χ2n) is 4.66. The molecule has 2 aliphatic rings. The lowest BCUT2D eigenvalue weighted by Gasteiger charge is -2.29. The van der Waals surface area contributed by atoms with Gasteiger partial charge in [-0.2, -0.15) is 0 Å². The minimum atomic E-state index is 0.796. The smallest absolute Gasteiger partial charge is 0.0594 e. The van der Waals surface area contributed by atoms with Crippen molar-refractivity contribution in [2.45, 2.75) is 6.42 Å². The molecule has 2 saturated heterocycles. The number of ether oxygens (including phenoxy) is 1. The topological polar surface area (TPSA) is 41.7 Å². The third kappa shape index (κ3) is 3.41. The first-order chi connectivity index (χ1) is 7.38. The van der Waals surface area contributed by atoms with Gasteiger partial charge < -0.3 is 15.4 Å². The van der Waals surface area contributed by atoms with Gasteiger partial charge >= 0.3 is 0 Å². The minimum absolute atomic E-state index is 0.796. The van der Waals surface area contributed by atoms with Crippen LogP contribution in [0.1, 0.15) is 6.42 Å². The quantitative estimate of drug-likeness (QED) is 0.690. The van der Waals surface area contributed by atoms with E-state index in [9.17, 15) is 0 Å². The average molecular weight is 213 g/mol. The molecule has 0 bridgehead atoms. The van der Waals surface area contributed by atoms with Crippen LogP contribution in [0.5, 0.6) is 0 Å². The SMILES string of the molecule is NCCN1CCC(CN2CCOCC2)C1. The van der Waals surface area contributed by atoms with Gasteiger partial charge in [-0.3, -0.25) is 4.90 Å². The molecule has 4 heteroatoms. The van der Waals surface area contributed by atoms with Gasteiger partial charge in [0.1, 0.15) is 0 Å². The third-order valence-electron chi connectivity index (χ3n) is 3.44. The summed E-state index contributed by atoms with van der Waals surface area (Å²) in [5, 5.41) is 0. The molecule has 2 fully saturated rings. The van der Waals surface area contributed by atoms with Gasteiger partial charge in [0.05, 0.1) is 13.2 Å². The minimum Gasteiger partial charge on any atom is -0.379 e. The summed E-state index contributed by atoms with van der Waals surface area (Å²) < 4.78 is 5.36. The molecule has 88 valence electrons. The highest BCUT2D eigenvalue weighted by atomic mass is 16.5. The van der Waals surface area contributed by atoms with Crippen LogP contribution >= 0.6 is 0 Å². The predicted molar refractivity (Wildman–Crippen MR) is 60.9 cm³/mol. The van der Waals surface area contributed by atoms with Crippen molar-refractivity contribution in [1.82, 2.24) is 9.80 Å². The van der Waals surface area contributed by atoms with Crippen LogP contribution in [0.25, 0.3) is 0 Å². The van der Waals surface area contributed by atoms with E-state index >= 15 is 0 Å². The van der Waals surface area contributed by atoms with Crippen molar-refractivity contribution < 1.29 is 4.74 Å². The molecule has 0 saturated carbocycles. The van der Waals surface area contributed by atoms with Crippen LogP contribution in [-0.4, -0.2) is 68.8 Å². The molecular formula is C11H23N3O. The van der Waals surface area contributed by atoms with Gasteiger partial charge in [-0.15, -0.1) is 0 Å². The monoisotopic (exact) mass is 213 g/mol. The molecule has 15 heavy (non-hydrogen) atoms. The molecule has 0 radical (unpaired) electrons. The standard InChI is InChI=1S/C11H23N3O/c12-2-4-13-3-1-11(9-13)10-14-5-7-15-8-6-14/h11H,1-10,12H2. The van der Waals surface area contributed by atoms with E-state index in [1.54, 1.807) is 0 Å². The van der Waals surface area contributed by atoms with Gasteiger partial charge in [-0.25, -0.2) is 0 Å². The van der Waals surface area contributed by atoms with Gasteiger partial charge in [0.15, 0.2) is 0 Å². The van der Waals surface area contributed by atoms with Crippen LogP contribution in [-0.2, 0) is 4.74 Å². The molecule has 0 aromatic rings. The summed E-state index contributed by atoms with van der Waals surface area (Å²) in [4.78, 5) is 5.03. The fourth-order valence-corrected chi connectivity index (χ4v) is 2.60. The Balaban J connectivity index is 1.67. The molecule has 1 atom stereocenters. The van der Waals surface area contributed by atoms with E-state index in [0.29, 0.717) is 0 Å². The Morgan fingerprint density at radius 1 is 1.13 bits per heavy atom. The van der Waals surface area contributed by atoms with Gasteiger partial charge in [-0.05, 0) is 18.9 Å². The van der Waals surface area contributed by atoms with Crippen LogP contribution in [0.15, 0.2) is 0 Å². The van der Waals surface area contributed by atoms with Crippen molar-refractivity contribution in [2.24, 2.45) is 11.7 Å². The number of nitrogens with zero attached hydrogens (tertiary/aromatic N) is 2. The van der Waals surface area contributed by atoms with Gasteiger partial charge in [-0.1, -0.05) is 0 Å². The predicted octanol–water partition coefficient (Wildman–Crippen LogP) is -0.401. The molecule has 0 amide bonds. The summed E-state index contributed by atoms with van der Waals surface area (Å²) >= 11 is 0. The molecule has 0 aromatic carbocycles. The highest BCUT2D eigenvalue weighted by Crippen LogP contribution is 2.17. The highest BCUT2D eigenvalue weighted by molar-refractivity contribution is 4.79. The normalized spacial score (nSPS) is 29.8. The number of rotatable bonds is 4. The summed E-state index contributed by atoms with van der Waals surface area (Å²) in [6.45, 7) is 9.67. The Labute approximate surface area is 92.4 Å². The Morgan fingerprint density at radius 3 is 2.67 bits per heavy atom. The largest absolute Gasteiger partial charge is 0.379 e. The number of nitrogens with two attached hydrogens (primary N) is 1. The van der Waals surface area contributed by atoms with Crippen LogP contribution in [0.3, 0.4) is 0 Å². The van der Waals surface area contributed by atoms with Crippen LogP contribution in [0.2, 0.25) is 0 Å². The maximum absolute atomic E-state index is 5.57. The van der Waals surface area contributed by atoms with Crippen LogP contribution < -0.4 is 5.73 Å². The van der Waals surface area contributed by atoms with E-state index in [2.05, 4.69) is 9.80 Å². The van der Waals surface area contributed by atoms with E-state index in [1.807, 2.05) is 0 Å². The van der Waals surface area contributed by atoms with E-state index in [-0.39, 0.29) is 0 Å². The Morgan fingerprint density at radius 2 is 1.93 bits per heavy atom. The van der Waals surface area contributed by atoms with Crippen molar-refractivity contribution in [3.05, 3.63) is 0 Å². The summed E-state index contributed by atoms with van der Waals surface area (Å²) in [5.41, 5.74) is 5.57. The lowest BCUT2D eigenvalue weighted by molar-refractivity contribution is 0.0312. The average Bonchev–Trinajstić information content (AvgIpc) is 2.68. The van der Waals surface area contributed by atoms with E-state index in [1.165, 1.54) is 26.1 Å². The van der Waals surface area contributed by atoms with Crippen LogP contribution in [0, 0.1) is 5.92 Å². The zero-order valence-electron chi connectivity index (χ0n) is 9.53. The summed E-state index contributed by atoms with van der Waals surface area (Å²) in [6.07, 6.45) is 1.34. The summed E-state index contributed by atoms with van der Waals surface area (Å²) in [7, 11) is 0. The summed E-state index contributed by atoms with van der Waals surface area (Å²) in [6, 6.07) is 0. The summed E-state index contributed by atoms with van der Waals surface area (Å²) in [5.74, 6) is 0.856. The van der Waals surface area contributed by atoms with Crippen molar-refractivity contribution in [3.8, 4) is 0 Å². The second-order valence-corrected chi connectivity index (χ2v) is 4.66. The fraction of sp³-hybridized carbons (Fsp3) is 1.00. The van der Waals surface area contributed by atoms with Crippen molar-refractivity contribution in [3.63, 3.8) is 0 Å². The molecular weight excluding hydrogens is 190 g/mol. The number of likely N-dealkylation sites (tertiary alicyclic amines) is 1. The Hall–Kier alpha value is -0.160. The third-order valence-corrected chi connectivity index (χ3v) is 3.44. The van der Waals surface area contributed by atoms with Crippen molar-refractivity contribution in [1.29, 1.82) is 0 Å². The molecule has 2 N–H and O–H groups in total. The maximum Gasteiger partial charge on any atom is 0.0594 e. The van der Waals surface area contributed by atoms with E-state index in [0.717, 1.165) is 45.3 Å². The molecule has 2 heterocycles. The Kier molecular flexibility index (Phi) is 4.38. The molecule has 0 spiro atoms. The number of hydrogen-bond acceptors (Lipinski definition) is 4. The zero-order valence-corrected chi connectivity index (χ0v) is 9.53. The van der Waals surface area contributed by atoms with Gasteiger partial charge in [0.25, 0.3) is 0 Å². The van der Waals surface area contributed by atoms with Crippen molar-refractivity contribution >= 4 is 0 Å². The van der Waals surface area contributed by atoms with E-state index < -0.39 is 0 Å². The van der Waals surface area contributed by atoms with Gasteiger partial charge in [0.2, 0.25) is 0 Å². The lowest BCUT2D eigenvalue weighted by atomic mass is 10.1. The maximum atomic E-state index is 5.57. The molecule has 4 nitrogen and oxygen atoms in total. The number of hydrogen-bond donors (Lipinski definition) is 1. The molecule has 2 rings (SSSR count). The first-order valence-corrected chi connectivity index (χ1v) is 6.11. The first-order valence-electron chi connectivity index (χ1n) is 6.11. The fourth-order valence-electron chi connectivity index (χ4n) is 2.60. The Bertz CT molecular complexity index is 183. The van der Waals surface area contributed by atoms with Crippen LogP contribution in [0.4, 0.5) is 0 Å². The molecule has 1 unspecified atom stereocenters. The second kappa shape index (κ2) is 5.80. The lowest BCUT2D eigenvalue weighted by Crippen LogP contribution is -2.40. The molecule has 0 aromatic heterocycles. The van der Waals surface area contributed by atoms with Crippen molar-refractivity contribution in [2.75, 3.05) is 59.0 Å². The number of morpholine rings is 1. The van der Waals surface area contributed by atoms with E-state index in [4.69, 9.17) is 10.5 Å². The van der Waals surface area contributed by atoms with Gasteiger partial charge in [0, 0.05) is 39.3 Å². The first kappa shape index (κ1) is 11.3. The zero-order chi connectivity index (χ0) is 10.5. The highest BCUT2D eigenvalue weighted by Gasteiger charge is 2.24. The molecule has 2 aliphatic heterocycles.